The number of carbonyl (C=O) groups is 2. The molecule has 0 aliphatic rings. The molecule has 6 rings (SSSR count). The summed E-state index contributed by atoms with van der Waals surface area (Å²) in [6.45, 7) is 7.60. The number of aryl methyl sites for hydroxylation is 1. The van der Waals surface area contributed by atoms with Crippen LogP contribution in [0, 0.1) is 18.8 Å². The summed E-state index contributed by atoms with van der Waals surface area (Å²) in [4.78, 5) is 48.3. The topological polar surface area (TPSA) is 128 Å². The Kier molecular flexibility index (Phi) is 23.7. The Morgan fingerprint density at radius 1 is 0.780 bits per heavy atom. The predicted octanol–water partition coefficient (Wildman–Crippen LogP) is 7.11. The van der Waals surface area contributed by atoms with Gasteiger partial charge in [0.15, 0.2) is 13.8 Å². The molecule has 0 fully saturated rings. The molecule has 2 amide bonds. The standard InChI is InChI=1S/C11H10N2OS.C10H7ClN2OS.C7H6NO.C4H9.C3H2ClNS.Li/c1-8-12-7-10(15-8)11(14)13-9-5-3-2-4-6-9;11-10-12-6-8(15-10)9(14)13-7-4-2-1-3-5-7;9-8-6-7-4-2-1-3-5-7;1-3-4-2;4-3-5-1-2-6-3;/h2-7H,1H3,(H,13,14);1-6H,(H,13,14);1-6H;1,3-4H2,2H3;1-2H;/q;;+1;-1;;+1. The van der Waals surface area contributed by atoms with E-state index in [-0.39, 0.29) is 30.7 Å². The number of unbranched alkanes of at least 4 members (excludes halogenated alkanes) is 1. The number of nitrogens with one attached hydrogen (secondary N) is 2. The van der Waals surface area contributed by atoms with Crippen molar-refractivity contribution in [2.24, 2.45) is 0 Å². The minimum absolute atomic E-state index is 0. The minimum Gasteiger partial charge on any atom is -0.343 e. The van der Waals surface area contributed by atoms with Crippen LogP contribution < -0.4 is 34.3 Å². The van der Waals surface area contributed by atoms with Gasteiger partial charge in [0.05, 0.1) is 23.0 Å². The Bertz CT molecular complexity index is 1730. The number of thiazole rings is 3. The van der Waals surface area contributed by atoms with E-state index >= 15 is 0 Å². The molecule has 0 aliphatic carbocycles. The molecular formula is C35H34Cl2LiN6O3S3+. The number of rotatable bonds is 6. The molecule has 0 bridgehead atoms. The summed E-state index contributed by atoms with van der Waals surface area (Å²) in [7, 11) is 0. The summed E-state index contributed by atoms with van der Waals surface area (Å²) in [6.07, 6.45) is 8.29. The maximum atomic E-state index is 11.7. The summed E-state index contributed by atoms with van der Waals surface area (Å²) in [5.41, 5.74) is 2.40. The Balaban J connectivity index is 0.000000334. The number of aromatic nitrogens is 3. The molecule has 15 heteroatoms. The first-order chi connectivity index (χ1) is 23.7. The van der Waals surface area contributed by atoms with Crippen molar-refractivity contribution in [1.29, 1.82) is 0 Å². The summed E-state index contributed by atoms with van der Waals surface area (Å²) >= 11 is 15.0. The summed E-state index contributed by atoms with van der Waals surface area (Å²) in [5.74, 6) is -0.294. The van der Waals surface area contributed by atoms with Crippen molar-refractivity contribution < 1.29 is 28.4 Å². The van der Waals surface area contributed by atoms with Crippen LogP contribution in [0.3, 0.4) is 0 Å². The number of amides is 2. The van der Waals surface area contributed by atoms with Crippen LogP contribution in [0.4, 0.5) is 11.4 Å². The van der Waals surface area contributed by atoms with E-state index in [9.17, 15) is 14.5 Å². The van der Waals surface area contributed by atoms with Gasteiger partial charge in [0.2, 0.25) is 4.85 Å². The molecule has 254 valence electrons. The van der Waals surface area contributed by atoms with E-state index in [2.05, 4.69) is 44.3 Å². The zero-order valence-corrected chi connectivity index (χ0v) is 31.6. The van der Waals surface area contributed by atoms with Gasteiger partial charge in [0.25, 0.3) is 11.8 Å². The predicted molar refractivity (Wildman–Crippen MR) is 207 cm³/mol. The second-order valence-electron chi connectivity index (χ2n) is 9.15. The van der Waals surface area contributed by atoms with E-state index in [0.717, 1.165) is 39.7 Å². The minimum atomic E-state index is -0.189. The van der Waals surface area contributed by atoms with Crippen LogP contribution >= 0.6 is 57.2 Å². The third-order valence-electron chi connectivity index (χ3n) is 5.37. The normalized spacial score (nSPS) is 9.06. The molecule has 0 saturated heterocycles. The number of nitrogens with zero attached hydrogens (tertiary/aromatic N) is 4. The van der Waals surface area contributed by atoms with Gasteiger partial charge in [-0.3, -0.25) is 9.59 Å². The van der Waals surface area contributed by atoms with Gasteiger partial charge in [-0.25, -0.2) is 15.0 Å². The molecule has 3 aromatic carbocycles. The Labute approximate surface area is 326 Å². The quantitative estimate of drug-likeness (QED) is 0.0807. The number of hydrogen-bond acceptors (Lipinski definition) is 9. The molecule has 0 saturated carbocycles. The molecule has 0 atom stereocenters. The van der Waals surface area contributed by atoms with E-state index < -0.39 is 0 Å². The monoisotopic (exact) mass is 759 g/mol. The van der Waals surface area contributed by atoms with Gasteiger partial charge >= 0.3 is 25.1 Å². The third kappa shape index (κ3) is 19.3. The summed E-state index contributed by atoms with van der Waals surface area (Å²) in [6, 6.07) is 27.9. The SMILES string of the molecule is Cc1ncc(C(=O)Nc2ccccc2)s1.Clc1nccs1.O=C(Nc1ccccc1)c1cnc(Cl)s1.O=[N+]=Cc1ccccc1.[CH2-]CCC.[Li+]. The molecule has 0 aliphatic heterocycles. The average Bonchev–Trinajstić information content (AvgIpc) is 3.90. The van der Waals surface area contributed by atoms with Crippen LogP contribution in [-0.4, -0.2) is 33.0 Å². The number of hydrogen-bond donors (Lipinski definition) is 2. The molecule has 2 N–H and O–H groups in total. The van der Waals surface area contributed by atoms with E-state index in [1.54, 1.807) is 12.4 Å². The molecule has 0 unspecified atom stereocenters. The van der Waals surface area contributed by atoms with Crippen molar-refractivity contribution in [3.8, 4) is 0 Å². The molecule has 0 radical (unpaired) electrons. The average molecular weight is 761 g/mol. The van der Waals surface area contributed by atoms with Crippen LogP contribution in [0.1, 0.15) is 49.7 Å². The Morgan fingerprint density at radius 3 is 1.60 bits per heavy atom. The van der Waals surface area contributed by atoms with Gasteiger partial charge in [0, 0.05) is 23.0 Å². The van der Waals surface area contributed by atoms with Gasteiger partial charge in [-0.2, -0.15) is 6.42 Å². The first-order valence-electron chi connectivity index (χ1n) is 14.6. The van der Waals surface area contributed by atoms with E-state index in [1.807, 2.05) is 103 Å². The number of nitroso groups, excluding NO2 is 1. The van der Waals surface area contributed by atoms with Gasteiger partial charge in [-0.15, -0.1) is 22.7 Å². The molecule has 9 nitrogen and oxygen atoms in total. The van der Waals surface area contributed by atoms with Crippen molar-refractivity contribution in [1.82, 2.24) is 19.8 Å². The van der Waals surface area contributed by atoms with E-state index in [0.29, 0.717) is 18.7 Å². The molecule has 6 aromatic rings. The fraction of sp³-hybridized carbons (Fsp3) is 0.114. The number of carbonyl (C=O) groups excluding carboxylic acids is 2. The van der Waals surface area contributed by atoms with Gasteiger partial charge in [-0.1, -0.05) is 102 Å². The van der Waals surface area contributed by atoms with Crippen LogP contribution in [0.2, 0.25) is 8.93 Å². The van der Waals surface area contributed by atoms with E-state index in [4.69, 9.17) is 23.2 Å². The van der Waals surface area contributed by atoms with Crippen molar-refractivity contribution in [3.63, 3.8) is 0 Å². The number of benzene rings is 3. The van der Waals surface area contributed by atoms with Crippen LogP contribution in [0.5, 0.6) is 0 Å². The first kappa shape index (κ1) is 44.1. The molecular weight excluding hydrogens is 726 g/mol. The van der Waals surface area contributed by atoms with Crippen LogP contribution in [0.15, 0.2) is 115 Å². The third-order valence-corrected chi connectivity index (χ3v) is 8.31. The van der Waals surface area contributed by atoms with Crippen molar-refractivity contribution in [2.45, 2.75) is 26.7 Å². The molecule has 50 heavy (non-hydrogen) atoms. The van der Waals surface area contributed by atoms with Crippen molar-refractivity contribution >= 4 is 86.6 Å². The summed E-state index contributed by atoms with van der Waals surface area (Å²) < 4.78 is 0.975. The second-order valence-corrected chi connectivity index (χ2v) is 13.5. The number of para-hydroxylation sites is 2. The zero-order valence-electron chi connectivity index (χ0n) is 27.7. The Morgan fingerprint density at radius 2 is 1.26 bits per heavy atom. The zero-order chi connectivity index (χ0) is 35.7. The van der Waals surface area contributed by atoms with Crippen LogP contribution in [-0.2, 0) is 0 Å². The fourth-order valence-corrected chi connectivity index (χ4v) is 5.13. The maximum Gasteiger partial charge on any atom is 1.00 e. The van der Waals surface area contributed by atoms with Crippen molar-refractivity contribution in [2.75, 3.05) is 10.6 Å². The molecule has 0 spiro atoms. The maximum absolute atomic E-state index is 11.7. The van der Waals surface area contributed by atoms with Gasteiger partial charge < -0.3 is 17.6 Å². The molecule has 3 aromatic heterocycles. The first-order valence-corrected chi connectivity index (χ1v) is 17.8. The number of anilines is 2. The van der Waals surface area contributed by atoms with Crippen LogP contribution in [0.25, 0.3) is 0 Å². The number of halogens is 2. The second kappa shape index (κ2) is 26.9. The largest absolute Gasteiger partial charge is 1.00 e. The van der Waals surface area contributed by atoms with Gasteiger partial charge in [0.1, 0.15) is 9.75 Å². The fourth-order valence-electron chi connectivity index (χ4n) is 3.06. The van der Waals surface area contributed by atoms with E-state index in [1.165, 1.54) is 41.5 Å². The Hall–Kier alpha value is -3.95. The van der Waals surface area contributed by atoms with Gasteiger partial charge in [-0.05, 0) is 43.3 Å². The smallest absolute Gasteiger partial charge is 0.343 e. The molecule has 3 heterocycles. The summed E-state index contributed by atoms with van der Waals surface area (Å²) in [5, 5.41) is 8.28. The van der Waals surface area contributed by atoms with Crippen molar-refractivity contribution in [3.05, 3.63) is 156 Å².